The molecule has 2 rings (SSSR count). The summed E-state index contributed by atoms with van der Waals surface area (Å²) in [6.45, 7) is 5.17. The molecule has 170 valence electrons. The van der Waals surface area contributed by atoms with Crippen molar-refractivity contribution in [2.75, 3.05) is 23.7 Å². The zero-order chi connectivity index (χ0) is 23.3. The minimum absolute atomic E-state index is 0.0160. The molecule has 0 aliphatic rings. The van der Waals surface area contributed by atoms with Crippen molar-refractivity contribution in [1.82, 2.24) is 10.6 Å². The van der Waals surface area contributed by atoms with Crippen LogP contribution in [0.1, 0.15) is 60.2 Å². The van der Waals surface area contributed by atoms with Crippen molar-refractivity contribution in [1.29, 1.82) is 0 Å². The third kappa shape index (κ3) is 8.22. The molecule has 0 bridgehead atoms. The van der Waals surface area contributed by atoms with E-state index in [0.717, 1.165) is 12.8 Å². The van der Waals surface area contributed by atoms with Gasteiger partial charge in [0.15, 0.2) is 0 Å². The number of carbonyl (C=O) groups excluding carboxylic acids is 4. The topological polar surface area (TPSA) is 116 Å². The van der Waals surface area contributed by atoms with Crippen molar-refractivity contribution in [3.05, 3.63) is 59.7 Å². The Morgan fingerprint density at radius 2 is 0.938 bits per heavy atom. The molecular weight excluding hydrogens is 408 g/mol. The zero-order valence-corrected chi connectivity index (χ0v) is 18.5. The number of benzene rings is 2. The van der Waals surface area contributed by atoms with Crippen LogP contribution >= 0.6 is 0 Å². The molecule has 0 aliphatic carbocycles. The highest BCUT2D eigenvalue weighted by atomic mass is 16.2. The maximum absolute atomic E-state index is 12.1. The van der Waals surface area contributed by atoms with Gasteiger partial charge in [-0.3, -0.25) is 19.2 Å². The first kappa shape index (κ1) is 24.6. The van der Waals surface area contributed by atoms with Crippen molar-refractivity contribution in [2.24, 2.45) is 0 Å². The summed E-state index contributed by atoms with van der Waals surface area (Å²) >= 11 is 0. The Hall–Kier alpha value is -3.68. The van der Waals surface area contributed by atoms with Gasteiger partial charge in [0.2, 0.25) is 11.8 Å². The van der Waals surface area contributed by atoms with Crippen LogP contribution in [0.25, 0.3) is 0 Å². The lowest BCUT2D eigenvalue weighted by atomic mass is 10.1. The van der Waals surface area contributed by atoms with E-state index in [1.165, 1.54) is 0 Å². The summed E-state index contributed by atoms with van der Waals surface area (Å²) in [4.78, 5) is 48.0. The molecular formula is C24H30N4O4. The van der Waals surface area contributed by atoms with Gasteiger partial charge in [-0.1, -0.05) is 13.8 Å². The Bertz CT molecular complexity index is 847. The van der Waals surface area contributed by atoms with Gasteiger partial charge in [0.1, 0.15) is 0 Å². The van der Waals surface area contributed by atoms with Crippen LogP contribution in [0.3, 0.4) is 0 Å². The third-order valence-electron chi connectivity index (χ3n) is 4.51. The molecule has 4 amide bonds. The molecule has 0 saturated carbocycles. The van der Waals surface area contributed by atoms with Gasteiger partial charge in [0.25, 0.3) is 11.8 Å². The largest absolute Gasteiger partial charge is 0.352 e. The summed E-state index contributed by atoms with van der Waals surface area (Å²) in [5.41, 5.74) is 2.15. The van der Waals surface area contributed by atoms with Gasteiger partial charge in [-0.2, -0.15) is 0 Å². The summed E-state index contributed by atoms with van der Waals surface area (Å²) in [5.74, 6) is -0.912. The smallest absolute Gasteiger partial charge is 0.251 e. The van der Waals surface area contributed by atoms with Crippen LogP contribution < -0.4 is 21.3 Å². The number of nitrogens with one attached hydrogen (secondary N) is 4. The summed E-state index contributed by atoms with van der Waals surface area (Å²) in [5, 5.41) is 11.0. The number of amides is 4. The normalized spacial score (nSPS) is 10.2. The molecule has 8 heteroatoms. The van der Waals surface area contributed by atoms with Gasteiger partial charge in [-0.05, 0) is 61.4 Å². The van der Waals surface area contributed by atoms with E-state index in [1.807, 2.05) is 13.8 Å². The fourth-order valence-corrected chi connectivity index (χ4v) is 2.77. The first-order chi connectivity index (χ1) is 15.4. The van der Waals surface area contributed by atoms with Crippen LogP contribution in [-0.4, -0.2) is 36.7 Å². The summed E-state index contributed by atoms with van der Waals surface area (Å²) in [7, 11) is 0. The molecule has 0 saturated heterocycles. The van der Waals surface area contributed by atoms with Crippen LogP contribution in [0.5, 0.6) is 0 Å². The summed E-state index contributed by atoms with van der Waals surface area (Å²) < 4.78 is 0. The SMILES string of the molecule is CCCNC(=O)c1ccc(NC(=O)CCC(=O)Nc2ccc(C(=O)NCCC)cc2)cc1. The van der Waals surface area contributed by atoms with E-state index in [9.17, 15) is 19.2 Å². The Morgan fingerprint density at radius 1 is 0.594 bits per heavy atom. The molecule has 0 atom stereocenters. The van der Waals surface area contributed by atoms with Crippen LogP contribution in [-0.2, 0) is 9.59 Å². The minimum Gasteiger partial charge on any atom is -0.352 e. The molecule has 0 unspecified atom stereocenters. The zero-order valence-electron chi connectivity index (χ0n) is 18.5. The molecule has 0 radical (unpaired) electrons. The lowest BCUT2D eigenvalue weighted by Crippen LogP contribution is -2.24. The highest BCUT2D eigenvalue weighted by molar-refractivity contribution is 5.98. The maximum atomic E-state index is 12.1. The Morgan fingerprint density at radius 3 is 1.25 bits per heavy atom. The molecule has 8 nitrogen and oxygen atoms in total. The van der Waals surface area contributed by atoms with E-state index in [-0.39, 0.29) is 36.5 Å². The highest BCUT2D eigenvalue weighted by Gasteiger charge is 2.10. The van der Waals surface area contributed by atoms with E-state index in [1.54, 1.807) is 48.5 Å². The Balaban J connectivity index is 1.76. The first-order valence-electron chi connectivity index (χ1n) is 10.8. The van der Waals surface area contributed by atoms with Crippen LogP contribution in [0.15, 0.2) is 48.5 Å². The Kier molecular flexibility index (Phi) is 9.90. The average Bonchev–Trinajstić information content (AvgIpc) is 2.80. The summed E-state index contributed by atoms with van der Waals surface area (Å²) in [6.07, 6.45) is 1.74. The van der Waals surface area contributed by atoms with Crippen LogP contribution in [0.2, 0.25) is 0 Å². The first-order valence-corrected chi connectivity index (χ1v) is 10.8. The monoisotopic (exact) mass is 438 g/mol. The second-order valence-electron chi connectivity index (χ2n) is 7.26. The molecule has 0 fully saturated rings. The second kappa shape index (κ2) is 12.9. The number of hydrogen-bond donors (Lipinski definition) is 4. The lowest BCUT2D eigenvalue weighted by Gasteiger charge is -2.08. The highest BCUT2D eigenvalue weighted by Crippen LogP contribution is 2.12. The number of rotatable bonds is 11. The minimum atomic E-state index is -0.300. The Labute approximate surface area is 188 Å². The molecule has 0 aromatic heterocycles. The maximum Gasteiger partial charge on any atom is 0.251 e. The van der Waals surface area contributed by atoms with E-state index in [0.29, 0.717) is 35.6 Å². The van der Waals surface area contributed by atoms with Crippen molar-refractivity contribution in [3.8, 4) is 0 Å². The van der Waals surface area contributed by atoms with Gasteiger partial charge in [0, 0.05) is 48.4 Å². The predicted octanol–water partition coefficient (Wildman–Crippen LogP) is 3.32. The van der Waals surface area contributed by atoms with E-state index in [4.69, 9.17) is 0 Å². The number of carbonyl (C=O) groups is 4. The number of anilines is 2. The van der Waals surface area contributed by atoms with Crippen LogP contribution in [0, 0.1) is 0 Å². The fourth-order valence-electron chi connectivity index (χ4n) is 2.77. The van der Waals surface area contributed by atoms with Crippen molar-refractivity contribution >= 4 is 35.0 Å². The molecule has 32 heavy (non-hydrogen) atoms. The van der Waals surface area contributed by atoms with E-state index < -0.39 is 0 Å². The predicted molar refractivity (Wildman–Crippen MR) is 125 cm³/mol. The van der Waals surface area contributed by atoms with Crippen molar-refractivity contribution < 1.29 is 19.2 Å². The molecule has 0 aliphatic heterocycles. The second-order valence-corrected chi connectivity index (χ2v) is 7.26. The van der Waals surface area contributed by atoms with Gasteiger partial charge in [0.05, 0.1) is 0 Å². The van der Waals surface area contributed by atoms with Crippen molar-refractivity contribution in [3.63, 3.8) is 0 Å². The van der Waals surface area contributed by atoms with Gasteiger partial charge >= 0.3 is 0 Å². The standard InChI is InChI=1S/C24H30N4O4/c1-3-15-25-23(31)17-5-9-19(10-6-17)27-21(29)13-14-22(30)28-20-11-7-18(8-12-20)24(32)26-16-4-2/h5-12H,3-4,13-16H2,1-2H3,(H,25,31)(H,26,32)(H,27,29)(H,28,30). The van der Waals surface area contributed by atoms with Gasteiger partial charge in [-0.25, -0.2) is 0 Å². The van der Waals surface area contributed by atoms with E-state index in [2.05, 4.69) is 21.3 Å². The van der Waals surface area contributed by atoms with Gasteiger partial charge in [-0.15, -0.1) is 0 Å². The lowest BCUT2D eigenvalue weighted by molar-refractivity contribution is -0.121. The molecule has 2 aromatic rings. The van der Waals surface area contributed by atoms with Gasteiger partial charge < -0.3 is 21.3 Å². The number of hydrogen-bond acceptors (Lipinski definition) is 4. The summed E-state index contributed by atoms with van der Waals surface area (Å²) in [6, 6.07) is 13.2. The molecule has 2 aromatic carbocycles. The van der Waals surface area contributed by atoms with Crippen LogP contribution in [0.4, 0.5) is 11.4 Å². The molecule has 4 N–H and O–H groups in total. The average molecular weight is 439 g/mol. The van der Waals surface area contributed by atoms with Crippen molar-refractivity contribution in [2.45, 2.75) is 39.5 Å². The third-order valence-corrected chi connectivity index (χ3v) is 4.51. The quantitative estimate of drug-likeness (QED) is 0.431. The van der Waals surface area contributed by atoms with E-state index >= 15 is 0 Å². The fraction of sp³-hybridized carbons (Fsp3) is 0.333. The molecule has 0 spiro atoms. The molecule has 0 heterocycles.